The quantitative estimate of drug-likeness (QED) is 0.670. The summed E-state index contributed by atoms with van der Waals surface area (Å²) in [5, 5.41) is 8.90. The highest BCUT2D eigenvalue weighted by Crippen LogP contribution is 2.22. The van der Waals surface area contributed by atoms with Gasteiger partial charge in [0.25, 0.3) is 0 Å². The number of rotatable bonds is 2. The maximum absolute atomic E-state index is 8.90. The normalized spacial score (nSPS) is 10.5. The van der Waals surface area contributed by atoms with E-state index in [2.05, 4.69) is 12.6 Å². The van der Waals surface area contributed by atoms with E-state index in [-0.39, 0.29) is 0 Å². The monoisotopic (exact) mass is 171 g/mol. The van der Waals surface area contributed by atoms with Crippen LogP contribution < -0.4 is 0 Å². The third-order valence-electron chi connectivity index (χ3n) is 2.15. The molecule has 0 amide bonds. The van der Waals surface area contributed by atoms with Crippen molar-refractivity contribution in [2.45, 2.75) is 19.3 Å². The average Bonchev–Trinajstić information content (AvgIpc) is 2.18. The first-order valence-corrected chi connectivity index (χ1v) is 4.24. The van der Waals surface area contributed by atoms with Crippen LogP contribution in [-0.4, -0.2) is 0 Å². The number of benzene rings is 1. The summed E-state index contributed by atoms with van der Waals surface area (Å²) in [5.41, 5.74) is 1.72. The zero-order chi connectivity index (χ0) is 9.90. The Morgan fingerprint density at radius 2 is 1.85 bits per heavy atom. The lowest BCUT2D eigenvalue weighted by molar-refractivity contribution is 0.687. The molecule has 13 heavy (non-hydrogen) atoms. The molecular weight excluding hydrogens is 158 g/mol. The van der Waals surface area contributed by atoms with Crippen molar-refractivity contribution in [3.05, 3.63) is 42.0 Å². The average molecular weight is 171 g/mol. The molecule has 0 N–H and O–H groups in total. The summed E-state index contributed by atoms with van der Waals surface area (Å²) in [7, 11) is 0. The molecule has 1 aromatic rings. The first-order chi connectivity index (χ1) is 6.10. The van der Waals surface area contributed by atoms with E-state index in [0.717, 1.165) is 11.1 Å². The smallest absolute Gasteiger partial charge is 0.0766 e. The van der Waals surface area contributed by atoms with Crippen LogP contribution in [0.3, 0.4) is 0 Å². The molecule has 0 saturated carbocycles. The molecule has 0 spiro atoms. The van der Waals surface area contributed by atoms with Crippen molar-refractivity contribution in [1.29, 1.82) is 5.26 Å². The number of nitriles is 1. The van der Waals surface area contributed by atoms with E-state index in [1.54, 1.807) is 6.08 Å². The van der Waals surface area contributed by atoms with Crippen LogP contribution in [0.15, 0.2) is 30.8 Å². The fourth-order valence-corrected chi connectivity index (χ4v) is 1.10. The van der Waals surface area contributed by atoms with Crippen LogP contribution in [0.5, 0.6) is 0 Å². The molecule has 1 heteroatoms. The molecule has 0 atom stereocenters. The van der Waals surface area contributed by atoms with Crippen molar-refractivity contribution < 1.29 is 0 Å². The molecule has 0 aromatic heterocycles. The Hall–Kier alpha value is -1.55. The summed E-state index contributed by atoms with van der Waals surface area (Å²) >= 11 is 0. The van der Waals surface area contributed by atoms with Crippen LogP contribution >= 0.6 is 0 Å². The zero-order valence-electron chi connectivity index (χ0n) is 8.04. The van der Waals surface area contributed by atoms with E-state index in [9.17, 15) is 0 Å². The Bertz CT molecular complexity index is 338. The van der Waals surface area contributed by atoms with Crippen molar-refractivity contribution >= 4 is 6.08 Å². The van der Waals surface area contributed by atoms with Crippen LogP contribution in [0.2, 0.25) is 0 Å². The lowest BCUT2D eigenvalue weighted by Gasteiger charge is -2.15. The van der Waals surface area contributed by atoms with Gasteiger partial charge in [0, 0.05) is 0 Å². The van der Waals surface area contributed by atoms with Crippen LogP contribution in [0.1, 0.15) is 25.0 Å². The van der Waals surface area contributed by atoms with Gasteiger partial charge in [0.15, 0.2) is 0 Å². The maximum Gasteiger partial charge on any atom is 0.0766 e. The Morgan fingerprint density at radius 1 is 1.31 bits per heavy atom. The summed E-state index contributed by atoms with van der Waals surface area (Å²) in [4.78, 5) is 0. The predicted molar refractivity (Wildman–Crippen MR) is 55.2 cm³/mol. The van der Waals surface area contributed by atoms with Crippen molar-refractivity contribution in [3.63, 3.8) is 0 Å². The molecular formula is C12H13N. The van der Waals surface area contributed by atoms with Crippen molar-refractivity contribution in [2.75, 3.05) is 0 Å². The summed E-state index contributed by atoms with van der Waals surface area (Å²) < 4.78 is 0. The van der Waals surface area contributed by atoms with Crippen LogP contribution in [0.25, 0.3) is 6.08 Å². The first-order valence-electron chi connectivity index (χ1n) is 4.24. The third kappa shape index (κ3) is 1.97. The van der Waals surface area contributed by atoms with E-state index in [1.807, 2.05) is 38.1 Å². The lowest BCUT2D eigenvalue weighted by atomic mass is 9.86. The van der Waals surface area contributed by atoms with Gasteiger partial charge >= 0.3 is 0 Å². The molecule has 1 rings (SSSR count). The topological polar surface area (TPSA) is 23.8 Å². The minimum atomic E-state index is -0.403. The molecule has 0 fully saturated rings. The van der Waals surface area contributed by atoms with Gasteiger partial charge in [-0.05, 0) is 25.0 Å². The van der Waals surface area contributed by atoms with E-state index >= 15 is 0 Å². The second-order valence-corrected chi connectivity index (χ2v) is 3.56. The SMILES string of the molecule is C=Cc1ccc(C(C)(C)C#N)cc1. The van der Waals surface area contributed by atoms with Crippen LogP contribution in [-0.2, 0) is 5.41 Å². The highest BCUT2D eigenvalue weighted by molar-refractivity contribution is 5.48. The first kappa shape index (κ1) is 9.54. The Labute approximate surface area is 79.3 Å². The van der Waals surface area contributed by atoms with E-state index in [1.165, 1.54) is 0 Å². The van der Waals surface area contributed by atoms with E-state index < -0.39 is 5.41 Å². The van der Waals surface area contributed by atoms with Crippen molar-refractivity contribution in [2.24, 2.45) is 0 Å². The Kier molecular flexibility index (Phi) is 2.53. The standard InChI is InChI=1S/C12H13N/c1-4-10-5-7-11(8-6-10)12(2,3)9-13/h4-8H,1H2,2-3H3. The maximum atomic E-state index is 8.90. The summed E-state index contributed by atoms with van der Waals surface area (Å²) in [6.45, 7) is 7.50. The highest BCUT2D eigenvalue weighted by atomic mass is 14.3. The predicted octanol–water partition coefficient (Wildman–Crippen LogP) is 3.13. The van der Waals surface area contributed by atoms with Crippen molar-refractivity contribution in [1.82, 2.24) is 0 Å². The van der Waals surface area contributed by atoms with Gasteiger partial charge < -0.3 is 0 Å². The highest BCUT2D eigenvalue weighted by Gasteiger charge is 2.18. The minimum Gasteiger partial charge on any atom is -0.197 e. The minimum absolute atomic E-state index is 0.403. The van der Waals surface area contributed by atoms with Gasteiger partial charge in [0.05, 0.1) is 11.5 Å². The molecule has 0 bridgehead atoms. The molecule has 0 aliphatic rings. The molecule has 0 radical (unpaired) electrons. The zero-order valence-corrected chi connectivity index (χ0v) is 8.04. The second-order valence-electron chi connectivity index (χ2n) is 3.56. The van der Waals surface area contributed by atoms with Crippen LogP contribution in [0, 0.1) is 11.3 Å². The largest absolute Gasteiger partial charge is 0.197 e. The van der Waals surface area contributed by atoms with Gasteiger partial charge in [0.1, 0.15) is 0 Å². The fourth-order valence-electron chi connectivity index (χ4n) is 1.10. The number of hydrogen-bond acceptors (Lipinski definition) is 1. The molecule has 0 aliphatic carbocycles. The Morgan fingerprint density at radius 3 is 2.23 bits per heavy atom. The van der Waals surface area contributed by atoms with Gasteiger partial charge in [-0.25, -0.2) is 0 Å². The fraction of sp³-hybridized carbons (Fsp3) is 0.250. The molecule has 1 aromatic carbocycles. The van der Waals surface area contributed by atoms with Crippen molar-refractivity contribution in [3.8, 4) is 6.07 Å². The lowest BCUT2D eigenvalue weighted by Crippen LogP contribution is -2.13. The molecule has 0 aliphatic heterocycles. The van der Waals surface area contributed by atoms with Crippen LogP contribution in [0.4, 0.5) is 0 Å². The third-order valence-corrected chi connectivity index (χ3v) is 2.15. The second kappa shape index (κ2) is 3.45. The Balaban J connectivity index is 3.07. The molecule has 0 saturated heterocycles. The molecule has 0 heterocycles. The van der Waals surface area contributed by atoms with Gasteiger partial charge in [-0.2, -0.15) is 5.26 Å². The summed E-state index contributed by atoms with van der Waals surface area (Å²) in [6.07, 6.45) is 1.79. The van der Waals surface area contributed by atoms with E-state index in [0.29, 0.717) is 0 Å². The number of nitrogens with zero attached hydrogens (tertiary/aromatic N) is 1. The summed E-state index contributed by atoms with van der Waals surface area (Å²) in [6, 6.07) is 10.2. The van der Waals surface area contributed by atoms with Gasteiger partial charge in [-0.3, -0.25) is 0 Å². The molecule has 66 valence electrons. The van der Waals surface area contributed by atoms with Gasteiger partial charge in [0.2, 0.25) is 0 Å². The molecule has 1 nitrogen and oxygen atoms in total. The van der Waals surface area contributed by atoms with Gasteiger partial charge in [-0.1, -0.05) is 36.9 Å². The summed E-state index contributed by atoms with van der Waals surface area (Å²) in [5.74, 6) is 0. The number of hydrogen-bond donors (Lipinski definition) is 0. The van der Waals surface area contributed by atoms with Gasteiger partial charge in [-0.15, -0.1) is 0 Å². The van der Waals surface area contributed by atoms with E-state index in [4.69, 9.17) is 5.26 Å². The molecule has 0 unspecified atom stereocenters.